The first-order chi connectivity index (χ1) is 12.9. The standard InChI is InChI=1S/C20H24N4O2S/c1-20(2,3)16-12-27-18(22-16)23-17(25)13-8-10-24(11-9-13)19-21-14-6-4-5-7-15(14)26-19/h4-7,12-13H,8-11H2,1-3H3,(H,22,23,25). The summed E-state index contributed by atoms with van der Waals surface area (Å²) >= 11 is 1.49. The molecule has 0 atom stereocenters. The second-order valence-corrected chi connectivity index (χ2v) is 8.86. The smallest absolute Gasteiger partial charge is 0.298 e. The fraction of sp³-hybridized carbons (Fsp3) is 0.450. The number of nitrogens with zero attached hydrogens (tertiary/aromatic N) is 3. The summed E-state index contributed by atoms with van der Waals surface area (Å²) in [6.07, 6.45) is 1.56. The molecule has 3 heterocycles. The summed E-state index contributed by atoms with van der Waals surface area (Å²) in [6, 6.07) is 8.41. The van der Waals surface area contributed by atoms with Crippen molar-refractivity contribution in [2.75, 3.05) is 23.3 Å². The minimum atomic E-state index is -0.00952. The number of hydrogen-bond donors (Lipinski definition) is 1. The zero-order valence-corrected chi connectivity index (χ0v) is 16.7. The summed E-state index contributed by atoms with van der Waals surface area (Å²) in [7, 11) is 0. The highest BCUT2D eigenvalue weighted by atomic mass is 32.1. The van der Waals surface area contributed by atoms with Gasteiger partial charge in [-0.3, -0.25) is 4.79 Å². The van der Waals surface area contributed by atoms with E-state index >= 15 is 0 Å². The van der Waals surface area contributed by atoms with E-state index in [9.17, 15) is 4.79 Å². The van der Waals surface area contributed by atoms with Gasteiger partial charge in [0.25, 0.3) is 6.01 Å². The quantitative estimate of drug-likeness (QED) is 0.723. The van der Waals surface area contributed by atoms with E-state index in [-0.39, 0.29) is 17.2 Å². The third kappa shape index (κ3) is 3.83. The molecule has 6 nitrogen and oxygen atoms in total. The van der Waals surface area contributed by atoms with Crippen LogP contribution in [0.25, 0.3) is 11.1 Å². The summed E-state index contributed by atoms with van der Waals surface area (Å²) in [5.74, 6) is 0.0506. The van der Waals surface area contributed by atoms with Crippen LogP contribution in [0, 0.1) is 5.92 Å². The maximum atomic E-state index is 12.6. The molecule has 1 aliphatic heterocycles. The van der Waals surface area contributed by atoms with Gasteiger partial charge < -0.3 is 14.6 Å². The van der Waals surface area contributed by atoms with Gasteiger partial charge in [-0.25, -0.2) is 4.98 Å². The van der Waals surface area contributed by atoms with E-state index in [2.05, 4.69) is 41.0 Å². The monoisotopic (exact) mass is 384 g/mol. The van der Waals surface area contributed by atoms with Gasteiger partial charge >= 0.3 is 0 Å². The van der Waals surface area contributed by atoms with Crippen LogP contribution in [0.2, 0.25) is 0 Å². The molecule has 1 aromatic carbocycles. The highest BCUT2D eigenvalue weighted by Gasteiger charge is 2.28. The van der Waals surface area contributed by atoms with Crippen molar-refractivity contribution in [3.8, 4) is 0 Å². The van der Waals surface area contributed by atoms with Gasteiger partial charge in [0.2, 0.25) is 5.91 Å². The first kappa shape index (κ1) is 18.0. The fourth-order valence-electron chi connectivity index (χ4n) is 3.21. The van der Waals surface area contributed by atoms with Crippen molar-refractivity contribution in [3.63, 3.8) is 0 Å². The zero-order valence-electron chi connectivity index (χ0n) is 15.9. The number of thiazole rings is 1. The van der Waals surface area contributed by atoms with Crippen LogP contribution in [0.3, 0.4) is 0 Å². The van der Waals surface area contributed by atoms with Gasteiger partial charge in [-0.2, -0.15) is 4.98 Å². The van der Waals surface area contributed by atoms with Crippen LogP contribution in [0.4, 0.5) is 11.1 Å². The summed E-state index contributed by atoms with van der Waals surface area (Å²) in [4.78, 5) is 23.8. The molecule has 1 fully saturated rings. The average molecular weight is 385 g/mol. The highest BCUT2D eigenvalue weighted by Crippen LogP contribution is 2.29. The van der Waals surface area contributed by atoms with E-state index < -0.39 is 0 Å². The molecule has 3 aromatic rings. The van der Waals surface area contributed by atoms with Crippen molar-refractivity contribution in [2.45, 2.75) is 39.0 Å². The number of piperidine rings is 1. The Hall–Kier alpha value is -2.41. The lowest BCUT2D eigenvalue weighted by Crippen LogP contribution is -2.38. The van der Waals surface area contributed by atoms with Crippen molar-refractivity contribution < 1.29 is 9.21 Å². The molecule has 0 saturated carbocycles. The number of fused-ring (bicyclic) bond motifs is 1. The number of carbonyl (C=O) groups is 1. The van der Waals surface area contributed by atoms with Gasteiger partial charge in [-0.1, -0.05) is 32.9 Å². The Morgan fingerprint density at radius 2 is 1.96 bits per heavy atom. The molecule has 2 aromatic heterocycles. The first-order valence-corrected chi connectivity index (χ1v) is 10.2. The predicted molar refractivity (Wildman–Crippen MR) is 108 cm³/mol. The number of benzene rings is 1. The lowest BCUT2D eigenvalue weighted by molar-refractivity contribution is -0.120. The summed E-state index contributed by atoms with van der Waals surface area (Å²) in [5.41, 5.74) is 2.66. The molecule has 0 radical (unpaired) electrons. The molecule has 0 aliphatic carbocycles. The van der Waals surface area contributed by atoms with Crippen molar-refractivity contribution in [2.24, 2.45) is 5.92 Å². The largest absolute Gasteiger partial charge is 0.423 e. The Morgan fingerprint density at radius 1 is 1.22 bits per heavy atom. The second kappa shape index (κ2) is 6.96. The lowest BCUT2D eigenvalue weighted by Gasteiger charge is -2.29. The molecule has 0 spiro atoms. The molecule has 1 saturated heterocycles. The molecular weight excluding hydrogens is 360 g/mol. The molecule has 7 heteroatoms. The van der Waals surface area contributed by atoms with Crippen LogP contribution < -0.4 is 10.2 Å². The van der Waals surface area contributed by atoms with Crippen LogP contribution in [0.15, 0.2) is 34.1 Å². The molecule has 27 heavy (non-hydrogen) atoms. The number of hydrogen-bond acceptors (Lipinski definition) is 6. The van der Waals surface area contributed by atoms with E-state index in [0.29, 0.717) is 11.1 Å². The highest BCUT2D eigenvalue weighted by molar-refractivity contribution is 7.13. The number of rotatable bonds is 3. The summed E-state index contributed by atoms with van der Waals surface area (Å²) < 4.78 is 5.84. The number of carbonyl (C=O) groups excluding carboxylic acids is 1. The Kier molecular flexibility index (Phi) is 4.63. The number of para-hydroxylation sites is 2. The number of nitrogens with one attached hydrogen (secondary N) is 1. The van der Waals surface area contributed by atoms with Crippen molar-refractivity contribution >= 4 is 39.5 Å². The second-order valence-electron chi connectivity index (χ2n) is 8.00. The Bertz CT molecular complexity index is 915. The first-order valence-electron chi connectivity index (χ1n) is 9.27. The third-order valence-corrected chi connectivity index (χ3v) is 5.68. The Morgan fingerprint density at radius 3 is 2.63 bits per heavy atom. The van der Waals surface area contributed by atoms with Gasteiger partial charge in [-0.05, 0) is 25.0 Å². The maximum Gasteiger partial charge on any atom is 0.298 e. The van der Waals surface area contributed by atoms with Crippen LogP contribution in [-0.4, -0.2) is 29.0 Å². The molecule has 1 aliphatic rings. The summed E-state index contributed by atoms with van der Waals surface area (Å²) in [5, 5.41) is 5.70. The molecule has 4 rings (SSSR count). The minimum absolute atomic E-state index is 0.00684. The molecule has 0 unspecified atom stereocenters. The number of amides is 1. The SMILES string of the molecule is CC(C)(C)c1csc(NC(=O)C2CCN(c3nc4ccccc4o3)CC2)n1. The zero-order chi connectivity index (χ0) is 19.0. The van der Waals surface area contributed by atoms with Crippen molar-refractivity contribution in [1.82, 2.24) is 9.97 Å². The van der Waals surface area contributed by atoms with Crippen LogP contribution in [0.1, 0.15) is 39.3 Å². The number of aromatic nitrogens is 2. The molecule has 1 amide bonds. The lowest BCUT2D eigenvalue weighted by atomic mass is 9.93. The summed E-state index contributed by atoms with van der Waals surface area (Å²) in [6.45, 7) is 7.88. The van der Waals surface area contributed by atoms with E-state index in [4.69, 9.17) is 4.42 Å². The van der Waals surface area contributed by atoms with Crippen LogP contribution >= 0.6 is 11.3 Å². The van der Waals surface area contributed by atoms with Gasteiger partial charge in [0, 0.05) is 29.8 Å². The van der Waals surface area contributed by atoms with E-state index in [1.807, 2.05) is 29.6 Å². The van der Waals surface area contributed by atoms with Gasteiger partial charge in [0.05, 0.1) is 5.69 Å². The Labute approximate surface area is 162 Å². The fourth-order valence-corrected chi connectivity index (χ4v) is 4.15. The van der Waals surface area contributed by atoms with Crippen molar-refractivity contribution in [1.29, 1.82) is 0 Å². The molecule has 1 N–H and O–H groups in total. The normalized spacial score (nSPS) is 16.0. The van der Waals surface area contributed by atoms with Crippen LogP contribution in [-0.2, 0) is 10.2 Å². The topological polar surface area (TPSA) is 71.3 Å². The third-order valence-electron chi connectivity index (χ3n) is 4.92. The van der Waals surface area contributed by atoms with E-state index in [0.717, 1.165) is 42.7 Å². The average Bonchev–Trinajstić information content (AvgIpc) is 3.28. The Balaban J connectivity index is 1.35. The minimum Gasteiger partial charge on any atom is -0.423 e. The maximum absolute atomic E-state index is 12.6. The van der Waals surface area contributed by atoms with Gasteiger partial charge in [-0.15, -0.1) is 11.3 Å². The van der Waals surface area contributed by atoms with Crippen LogP contribution in [0.5, 0.6) is 0 Å². The predicted octanol–water partition coefficient (Wildman–Crippen LogP) is 4.44. The van der Waals surface area contributed by atoms with Gasteiger partial charge in [0.1, 0.15) is 5.52 Å². The van der Waals surface area contributed by atoms with E-state index in [1.165, 1.54) is 11.3 Å². The molecular formula is C20H24N4O2S. The molecule has 0 bridgehead atoms. The van der Waals surface area contributed by atoms with Gasteiger partial charge in [0.15, 0.2) is 10.7 Å². The molecule has 142 valence electrons. The number of oxazole rings is 1. The number of anilines is 2. The van der Waals surface area contributed by atoms with E-state index in [1.54, 1.807) is 0 Å². The van der Waals surface area contributed by atoms with Crippen molar-refractivity contribution in [3.05, 3.63) is 35.3 Å².